The largest absolute Gasteiger partial charge is 0.494 e. The Bertz CT molecular complexity index is 2620. The normalized spacial score (nSPS) is 10.8. The molecule has 10 nitrogen and oxygen atoms in total. The van der Waals surface area contributed by atoms with E-state index in [2.05, 4.69) is 30.9 Å². The third-order valence-corrected chi connectivity index (χ3v) is 8.53. The summed E-state index contributed by atoms with van der Waals surface area (Å²) in [6, 6.07) is 22.3. The molecule has 0 fully saturated rings. The van der Waals surface area contributed by atoms with Crippen molar-refractivity contribution in [1.82, 2.24) is 19.5 Å². The van der Waals surface area contributed by atoms with Crippen LogP contribution in [-0.4, -0.2) is 45.3 Å². The first-order valence-corrected chi connectivity index (χ1v) is 16.3. The van der Waals surface area contributed by atoms with Gasteiger partial charge < -0.3 is 19.0 Å². The zero-order valence-corrected chi connectivity index (χ0v) is 29.1. The minimum absolute atomic E-state index is 0.0267. The quantitative estimate of drug-likeness (QED) is 0.166. The van der Waals surface area contributed by atoms with E-state index >= 15 is 0 Å². The molecule has 0 unspecified atom stereocenters. The molecule has 0 aliphatic rings. The fraction of sp³-hybridized carbons (Fsp3) is 0.0769. The number of nitrogens with one attached hydrogen (secondary N) is 1. The minimum atomic E-state index is -0.670. The van der Waals surface area contributed by atoms with E-state index in [9.17, 15) is 28.0 Å². The van der Waals surface area contributed by atoms with Gasteiger partial charge in [-0.05, 0) is 78.4 Å². The van der Waals surface area contributed by atoms with E-state index in [1.807, 2.05) is 24.3 Å². The lowest BCUT2D eigenvalue weighted by Gasteiger charge is -2.13. The van der Waals surface area contributed by atoms with Crippen LogP contribution in [0.2, 0.25) is 0 Å². The number of carbonyl (C=O) groups is 2. The summed E-state index contributed by atoms with van der Waals surface area (Å²) < 4.78 is 40.2. The average molecular weight is 766 g/mol. The standard InChI is InChI=1S/C23H16BrFN2O3.C16H11FN2O3/c1-30-20-8-7-15(11-18(20)25)22(28)17-13-27(12-14-4-2-5-16(24)10-14)19-6-3-9-26-21(19)23(17)29;1-22-13-5-4-9(7-11(13)17)15(20)10-8-19-12-3-2-6-18-14(12)16(10)21/h2-11,13H,12H2,1H3;2-8H,1H3,(H,19,21). The molecule has 260 valence electrons. The number of ketones is 2. The molecule has 0 radical (unpaired) electrons. The predicted octanol–water partition coefficient (Wildman–Crippen LogP) is 6.89. The van der Waals surface area contributed by atoms with Crippen LogP contribution >= 0.6 is 15.9 Å². The molecule has 7 rings (SSSR count). The van der Waals surface area contributed by atoms with Crippen LogP contribution in [-0.2, 0) is 6.54 Å². The Morgan fingerprint density at radius 3 is 1.96 bits per heavy atom. The number of hydrogen-bond acceptors (Lipinski definition) is 8. The Hall–Kier alpha value is -6.34. The fourth-order valence-corrected chi connectivity index (χ4v) is 5.93. The molecular weight excluding hydrogens is 738 g/mol. The zero-order chi connectivity index (χ0) is 36.9. The summed E-state index contributed by atoms with van der Waals surface area (Å²) in [6.45, 7) is 0.430. The molecule has 1 N–H and O–H groups in total. The van der Waals surface area contributed by atoms with E-state index < -0.39 is 34.1 Å². The lowest BCUT2D eigenvalue weighted by atomic mass is 10.0. The average Bonchev–Trinajstić information content (AvgIpc) is 3.16. The SMILES string of the molecule is COc1ccc(C(=O)c2c[nH]c3cccnc3c2=O)cc1F.COc1ccc(C(=O)c2cn(Cc3cccc(Br)c3)c3cccnc3c2=O)cc1F. The second-order valence-corrected chi connectivity index (χ2v) is 12.2. The molecule has 0 bridgehead atoms. The van der Waals surface area contributed by atoms with Gasteiger partial charge in [-0.2, -0.15) is 0 Å². The summed E-state index contributed by atoms with van der Waals surface area (Å²) in [5.74, 6) is -2.42. The van der Waals surface area contributed by atoms with Gasteiger partial charge in [0.25, 0.3) is 0 Å². The van der Waals surface area contributed by atoms with Gasteiger partial charge in [-0.3, -0.25) is 29.1 Å². The number of fused-ring (bicyclic) bond motifs is 2. The van der Waals surface area contributed by atoms with Crippen LogP contribution in [0.3, 0.4) is 0 Å². The van der Waals surface area contributed by atoms with Gasteiger partial charge in [-0.25, -0.2) is 8.78 Å². The molecule has 52 heavy (non-hydrogen) atoms. The number of H-pyrrole nitrogens is 1. The molecule has 7 aromatic rings. The summed E-state index contributed by atoms with van der Waals surface area (Å²) in [5, 5.41) is 0. The molecule has 13 heteroatoms. The number of methoxy groups -OCH3 is 2. The summed E-state index contributed by atoms with van der Waals surface area (Å²) >= 11 is 3.45. The summed E-state index contributed by atoms with van der Waals surface area (Å²) in [6.07, 6.45) is 5.81. The molecule has 0 saturated carbocycles. The van der Waals surface area contributed by atoms with Crippen LogP contribution < -0.4 is 20.3 Å². The van der Waals surface area contributed by atoms with Crippen molar-refractivity contribution in [3.8, 4) is 11.5 Å². The van der Waals surface area contributed by atoms with E-state index in [1.165, 1.54) is 63.3 Å². The molecule has 4 heterocycles. The van der Waals surface area contributed by atoms with Crippen molar-refractivity contribution in [2.75, 3.05) is 14.2 Å². The van der Waals surface area contributed by atoms with E-state index in [-0.39, 0.29) is 44.8 Å². The lowest BCUT2D eigenvalue weighted by Crippen LogP contribution is -2.21. The van der Waals surface area contributed by atoms with Crippen molar-refractivity contribution in [1.29, 1.82) is 0 Å². The third-order valence-electron chi connectivity index (χ3n) is 8.04. The molecule has 0 aliphatic carbocycles. The topological polar surface area (TPSA) is 133 Å². The van der Waals surface area contributed by atoms with Gasteiger partial charge in [-0.15, -0.1) is 0 Å². The van der Waals surface area contributed by atoms with E-state index in [1.54, 1.807) is 28.8 Å². The van der Waals surface area contributed by atoms with Gasteiger partial charge in [0, 0.05) is 46.9 Å². The van der Waals surface area contributed by atoms with E-state index in [4.69, 9.17) is 9.47 Å². The number of rotatable bonds is 8. The van der Waals surface area contributed by atoms with Crippen molar-refractivity contribution in [2.45, 2.75) is 6.54 Å². The number of ether oxygens (including phenoxy) is 2. The van der Waals surface area contributed by atoms with Crippen LogP contribution in [0.25, 0.3) is 22.1 Å². The van der Waals surface area contributed by atoms with E-state index in [0.717, 1.165) is 22.2 Å². The van der Waals surface area contributed by atoms with Crippen molar-refractivity contribution >= 4 is 49.6 Å². The highest BCUT2D eigenvalue weighted by Gasteiger charge is 2.20. The molecule has 4 aromatic heterocycles. The molecular formula is C39H27BrF2N4O6. The van der Waals surface area contributed by atoms with Gasteiger partial charge in [0.05, 0.1) is 36.4 Å². The molecule has 0 atom stereocenters. The molecule has 0 spiro atoms. The van der Waals surface area contributed by atoms with Crippen LogP contribution in [0.5, 0.6) is 11.5 Å². The van der Waals surface area contributed by atoms with Crippen molar-refractivity contribution in [2.24, 2.45) is 0 Å². The molecule has 3 aromatic carbocycles. The Morgan fingerprint density at radius 1 is 0.750 bits per heavy atom. The molecule has 0 saturated heterocycles. The van der Waals surface area contributed by atoms with Crippen LogP contribution in [0.1, 0.15) is 37.4 Å². The Kier molecular flexibility index (Phi) is 10.4. The highest BCUT2D eigenvalue weighted by Crippen LogP contribution is 2.22. The van der Waals surface area contributed by atoms with Crippen molar-refractivity contribution in [3.05, 3.63) is 174 Å². The lowest BCUT2D eigenvalue weighted by molar-refractivity contribution is 0.102. The Morgan fingerprint density at radius 2 is 1.35 bits per heavy atom. The number of benzene rings is 3. The van der Waals surface area contributed by atoms with Gasteiger partial charge in [0.15, 0.2) is 34.7 Å². The Labute approximate surface area is 302 Å². The fourth-order valence-electron chi connectivity index (χ4n) is 5.48. The van der Waals surface area contributed by atoms with Crippen LogP contribution in [0.15, 0.2) is 124 Å². The second kappa shape index (κ2) is 15.3. The first kappa shape index (κ1) is 35.5. The monoisotopic (exact) mass is 764 g/mol. The Balaban J connectivity index is 0.000000187. The minimum Gasteiger partial charge on any atom is -0.494 e. The van der Waals surface area contributed by atoms with Gasteiger partial charge in [0.1, 0.15) is 11.0 Å². The number of aromatic amines is 1. The maximum Gasteiger partial charge on any atom is 0.218 e. The second-order valence-electron chi connectivity index (χ2n) is 11.3. The highest BCUT2D eigenvalue weighted by atomic mass is 79.9. The van der Waals surface area contributed by atoms with Crippen molar-refractivity contribution < 1.29 is 27.8 Å². The highest BCUT2D eigenvalue weighted by molar-refractivity contribution is 9.10. The zero-order valence-electron chi connectivity index (χ0n) is 27.5. The number of pyridine rings is 4. The number of halogens is 3. The molecule has 0 amide bonds. The van der Waals surface area contributed by atoms with Crippen molar-refractivity contribution in [3.63, 3.8) is 0 Å². The summed E-state index contributed by atoms with van der Waals surface area (Å²) in [5.41, 5.74) is 1.48. The first-order valence-electron chi connectivity index (χ1n) is 15.5. The predicted molar refractivity (Wildman–Crippen MR) is 194 cm³/mol. The molecule has 0 aliphatic heterocycles. The number of nitrogens with zero attached hydrogens (tertiary/aromatic N) is 3. The van der Waals surface area contributed by atoms with Crippen LogP contribution in [0, 0.1) is 11.6 Å². The van der Waals surface area contributed by atoms with Gasteiger partial charge in [0.2, 0.25) is 10.9 Å². The smallest absolute Gasteiger partial charge is 0.218 e. The summed E-state index contributed by atoms with van der Waals surface area (Å²) in [4.78, 5) is 61.8. The number of hydrogen-bond donors (Lipinski definition) is 1. The van der Waals surface area contributed by atoms with Gasteiger partial charge >= 0.3 is 0 Å². The summed E-state index contributed by atoms with van der Waals surface area (Å²) in [7, 11) is 2.68. The maximum atomic E-state index is 14.1. The van der Waals surface area contributed by atoms with Crippen LogP contribution in [0.4, 0.5) is 8.78 Å². The third kappa shape index (κ3) is 7.25. The van der Waals surface area contributed by atoms with Gasteiger partial charge in [-0.1, -0.05) is 28.1 Å². The number of aromatic nitrogens is 4. The van der Waals surface area contributed by atoms with E-state index in [0.29, 0.717) is 17.6 Å². The first-order chi connectivity index (χ1) is 25.1. The number of carbonyl (C=O) groups excluding carboxylic acids is 2. The maximum absolute atomic E-state index is 14.1.